The Morgan fingerprint density at radius 2 is 1.91 bits per heavy atom. The molecule has 0 spiro atoms. The van der Waals surface area contributed by atoms with Gasteiger partial charge in [-0.25, -0.2) is 5.43 Å². The van der Waals surface area contributed by atoms with Gasteiger partial charge in [0.15, 0.2) is 17.3 Å². The largest absolute Gasteiger partial charge is 0.490 e. The summed E-state index contributed by atoms with van der Waals surface area (Å²) in [5, 5.41) is 4.94. The molecule has 0 saturated carbocycles. The summed E-state index contributed by atoms with van der Waals surface area (Å²) in [4.78, 5) is 12.4. The fourth-order valence-corrected chi connectivity index (χ4v) is 4.16. The first-order valence-electron chi connectivity index (χ1n) is 10.2. The van der Waals surface area contributed by atoms with Gasteiger partial charge < -0.3 is 13.9 Å². The van der Waals surface area contributed by atoms with Crippen LogP contribution in [0.15, 0.2) is 80.7 Å². The van der Waals surface area contributed by atoms with Crippen LogP contribution in [-0.2, 0) is 6.61 Å². The summed E-state index contributed by atoms with van der Waals surface area (Å²) in [5.74, 6) is 1.07. The number of carbonyl (C=O) groups is 1. The van der Waals surface area contributed by atoms with E-state index in [4.69, 9.17) is 13.9 Å². The van der Waals surface area contributed by atoms with Crippen LogP contribution in [0.1, 0.15) is 28.6 Å². The van der Waals surface area contributed by atoms with Gasteiger partial charge in [0.25, 0.3) is 0 Å². The molecule has 0 bridgehead atoms. The van der Waals surface area contributed by atoms with E-state index in [-0.39, 0.29) is 5.76 Å². The van der Waals surface area contributed by atoms with Crippen molar-refractivity contribution in [3.63, 3.8) is 0 Å². The van der Waals surface area contributed by atoms with Crippen LogP contribution < -0.4 is 14.9 Å². The van der Waals surface area contributed by atoms with Crippen LogP contribution in [-0.4, -0.2) is 18.7 Å². The number of hydrazone groups is 1. The molecule has 0 fully saturated rings. The Kier molecular flexibility index (Phi) is 7.66. The Morgan fingerprint density at radius 3 is 2.67 bits per heavy atom. The number of fused-ring (bicyclic) bond motifs is 1. The molecule has 1 aromatic heterocycles. The molecule has 4 aromatic rings. The number of benzene rings is 3. The summed E-state index contributed by atoms with van der Waals surface area (Å²) < 4.78 is 19.3. The van der Waals surface area contributed by atoms with Gasteiger partial charge in [0.1, 0.15) is 12.2 Å². The van der Waals surface area contributed by atoms with Crippen molar-refractivity contribution < 1.29 is 18.7 Å². The van der Waals surface area contributed by atoms with Crippen molar-refractivity contribution in [3.05, 3.63) is 91.7 Å². The molecule has 4 rings (SSSR count). The van der Waals surface area contributed by atoms with Crippen molar-refractivity contribution >= 4 is 61.6 Å². The summed E-state index contributed by atoms with van der Waals surface area (Å²) in [6, 6.07) is 20.8. The highest BCUT2D eigenvalue weighted by Crippen LogP contribution is 2.34. The van der Waals surface area contributed by atoms with Gasteiger partial charge in [0, 0.05) is 9.86 Å². The highest BCUT2D eigenvalue weighted by Gasteiger charge is 2.13. The lowest BCUT2D eigenvalue weighted by Gasteiger charge is -2.14. The number of carbonyl (C=O) groups excluding carboxylic acids is 1. The van der Waals surface area contributed by atoms with Gasteiger partial charge >= 0.3 is 5.91 Å². The van der Waals surface area contributed by atoms with Gasteiger partial charge in [-0.2, -0.15) is 5.10 Å². The number of nitrogens with one attached hydrogen (secondary N) is 1. The molecule has 1 heterocycles. The van der Waals surface area contributed by atoms with Gasteiger partial charge in [-0.15, -0.1) is 0 Å². The molecule has 0 aliphatic carbocycles. The summed E-state index contributed by atoms with van der Waals surface area (Å²) in [6.07, 6.45) is 1.56. The Labute approximate surface area is 213 Å². The second-order valence-corrected chi connectivity index (χ2v) is 9.10. The highest BCUT2D eigenvalue weighted by molar-refractivity contribution is 14.1. The van der Waals surface area contributed by atoms with Crippen molar-refractivity contribution in [2.24, 2.45) is 5.10 Å². The normalized spacial score (nSPS) is 11.1. The number of amides is 1. The van der Waals surface area contributed by atoms with Crippen LogP contribution in [0.25, 0.3) is 11.0 Å². The molecule has 0 radical (unpaired) electrons. The van der Waals surface area contributed by atoms with Crippen LogP contribution in [0, 0.1) is 3.57 Å². The monoisotopic (exact) mass is 618 g/mol. The molecule has 6 nitrogen and oxygen atoms in total. The molecular formula is C25H20BrIN2O4. The first kappa shape index (κ1) is 23.3. The van der Waals surface area contributed by atoms with Crippen LogP contribution >= 0.6 is 38.5 Å². The Balaban J connectivity index is 1.46. The summed E-state index contributed by atoms with van der Waals surface area (Å²) in [7, 11) is 0. The van der Waals surface area contributed by atoms with Crippen LogP contribution in [0.2, 0.25) is 0 Å². The van der Waals surface area contributed by atoms with E-state index in [1.54, 1.807) is 12.3 Å². The fourth-order valence-electron chi connectivity index (χ4n) is 3.12. The van der Waals surface area contributed by atoms with Crippen molar-refractivity contribution in [3.8, 4) is 11.5 Å². The molecule has 0 atom stereocenters. The lowest BCUT2D eigenvalue weighted by Crippen LogP contribution is -2.16. The van der Waals surface area contributed by atoms with Gasteiger partial charge in [0.2, 0.25) is 0 Å². The lowest BCUT2D eigenvalue weighted by molar-refractivity contribution is 0.0929. The molecule has 0 saturated heterocycles. The van der Waals surface area contributed by atoms with Crippen molar-refractivity contribution in [2.75, 3.05) is 6.61 Å². The maximum absolute atomic E-state index is 12.4. The lowest BCUT2D eigenvalue weighted by atomic mass is 10.2. The Hall–Kier alpha value is -2.85. The topological polar surface area (TPSA) is 73.1 Å². The van der Waals surface area contributed by atoms with E-state index in [1.807, 2.05) is 67.6 Å². The first-order valence-corrected chi connectivity index (χ1v) is 12.1. The molecule has 0 aliphatic heterocycles. The second kappa shape index (κ2) is 10.8. The molecule has 0 unspecified atom stereocenters. The van der Waals surface area contributed by atoms with Crippen LogP contribution in [0.3, 0.4) is 0 Å². The van der Waals surface area contributed by atoms with Crippen molar-refractivity contribution in [2.45, 2.75) is 13.5 Å². The number of ether oxygens (including phenoxy) is 2. The second-order valence-electron chi connectivity index (χ2n) is 7.03. The van der Waals surface area contributed by atoms with E-state index in [0.717, 1.165) is 24.6 Å². The summed E-state index contributed by atoms with van der Waals surface area (Å²) in [5.41, 5.74) is 4.98. The predicted octanol–water partition coefficient (Wildman–Crippen LogP) is 6.54. The maximum Gasteiger partial charge on any atom is 0.307 e. The zero-order chi connectivity index (χ0) is 23.2. The minimum atomic E-state index is -0.420. The minimum Gasteiger partial charge on any atom is -0.490 e. The molecule has 8 heteroatoms. The number of nitrogens with zero attached hydrogens (tertiary/aromatic N) is 1. The fraction of sp³-hybridized carbons (Fsp3) is 0.120. The van der Waals surface area contributed by atoms with E-state index >= 15 is 0 Å². The van der Waals surface area contributed by atoms with Crippen LogP contribution in [0.5, 0.6) is 11.5 Å². The number of rotatable bonds is 8. The van der Waals surface area contributed by atoms with E-state index < -0.39 is 5.91 Å². The summed E-state index contributed by atoms with van der Waals surface area (Å²) in [6.45, 7) is 2.83. The Bertz CT molecular complexity index is 1270. The van der Waals surface area contributed by atoms with E-state index in [0.29, 0.717) is 30.3 Å². The highest BCUT2D eigenvalue weighted by atomic mass is 127. The molecule has 0 aliphatic rings. The van der Waals surface area contributed by atoms with Gasteiger partial charge in [-0.05, 0) is 77.0 Å². The van der Waals surface area contributed by atoms with E-state index in [9.17, 15) is 4.79 Å². The standard InChI is InChI=1S/C25H20BrIN2O4/c1-2-31-22-12-17(11-20(27)24(22)32-15-16-7-9-19(26)10-8-16)14-28-29-25(30)23-13-18-5-3-4-6-21(18)33-23/h3-14H,2,15H2,1H3,(H,29,30)/b28-14+. The number of furan rings is 1. The van der Waals surface area contributed by atoms with Gasteiger partial charge in [0.05, 0.1) is 16.4 Å². The molecule has 1 N–H and O–H groups in total. The average Bonchev–Trinajstić information content (AvgIpc) is 3.24. The third kappa shape index (κ3) is 5.94. The number of hydrogen-bond acceptors (Lipinski definition) is 5. The van der Waals surface area contributed by atoms with E-state index in [1.165, 1.54) is 0 Å². The number of para-hydroxylation sites is 1. The molecular weight excluding hydrogens is 599 g/mol. The smallest absolute Gasteiger partial charge is 0.307 e. The zero-order valence-electron chi connectivity index (χ0n) is 17.7. The number of halogens is 2. The number of hydrogen-bond donors (Lipinski definition) is 1. The SMILES string of the molecule is CCOc1cc(/C=N/NC(=O)c2cc3ccccc3o2)cc(I)c1OCc1ccc(Br)cc1. The predicted molar refractivity (Wildman–Crippen MR) is 140 cm³/mol. The van der Waals surface area contributed by atoms with E-state index in [2.05, 4.69) is 49.0 Å². The quantitative estimate of drug-likeness (QED) is 0.138. The first-order chi connectivity index (χ1) is 16.0. The molecule has 33 heavy (non-hydrogen) atoms. The van der Waals surface area contributed by atoms with Crippen molar-refractivity contribution in [1.82, 2.24) is 5.43 Å². The average molecular weight is 619 g/mol. The molecule has 168 valence electrons. The summed E-state index contributed by atoms with van der Waals surface area (Å²) >= 11 is 5.64. The third-order valence-electron chi connectivity index (χ3n) is 4.66. The van der Waals surface area contributed by atoms with Gasteiger partial charge in [-0.3, -0.25) is 4.79 Å². The third-order valence-corrected chi connectivity index (χ3v) is 5.99. The maximum atomic E-state index is 12.4. The molecule has 3 aromatic carbocycles. The minimum absolute atomic E-state index is 0.203. The Morgan fingerprint density at radius 1 is 1.12 bits per heavy atom. The van der Waals surface area contributed by atoms with Crippen LogP contribution in [0.4, 0.5) is 0 Å². The van der Waals surface area contributed by atoms with Crippen molar-refractivity contribution in [1.29, 1.82) is 0 Å². The molecule has 1 amide bonds. The van der Waals surface area contributed by atoms with Gasteiger partial charge in [-0.1, -0.05) is 46.3 Å². The zero-order valence-corrected chi connectivity index (χ0v) is 21.4.